The zero-order valence-corrected chi connectivity index (χ0v) is 14.0. The lowest BCUT2D eigenvalue weighted by atomic mass is 10.3. The second-order valence-electron chi connectivity index (χ2n) is 5.21. The minimum Gasteiger partial charge on any atom is -0.478 e. The molecule has 0 aliphatic heterocycles. The first-order chi connectivity index (χ1) is 12.2. The molecule has 130 valence electrons. The molecule has 1 N–H and O–H groups in total. The maximum absolute atomic E-state index is 11.9. The highest BCUT2D eigenvalue weighted by Gasteiger charge is 2.11. The fraction of sp³-hybridized carbons (Fsp3) is 0.312. The highest BCUT2D eigenvalue weighted by Crippen LogP contribution is 2.17. The molecule has 9 heteroatoms. The highest BCUT2D eigenvalue weighted by atomic mass is 16.5. The van der Waals surface area contributed by atoms with Crippen molar-refractivity contribution in [1.82, 2.24) is 30.0 Å². The van der Waals surface area contributed by atoms with Crippen LogP contribution in [0.15, 0.2) is 35.2 Å². The minimum atomic E-state index is -0.163. The van der Waals surface area contributed by atoms with Crippen molar-refractivity contribution in [2.75, 3.05) is 6.61 Å². The summed E-state index contributed by atoms with van der Waals surface area (Å²) in [6.07, 6.45) is 5.01. The lowest BCUT2D eigenvalue weighted by Crippen LogP contribution is -2.27. The molecule has 3 heterocycles. The molecule has 9 nitrogen and oxygen atoms in total. The predicted molar refractivity (Wildman–Crippen MR) is 87.5 cm³/mol. The molecule has 0 atom stereocenters. The summed E-state index contributed by atoms with van der Waals surface area (Å²) in [7, 11) is 0. The quantitative estimate of drug-likeness (QED) is 0.690. The van der Waals surface area contributed by atoms with Crippen LogP contribution in [0.1, 0.15) is 18.6 Å². The van der Waals surface area contributed by atoms with Gasteiger partial charge >= 0.3 is 0 Å². The molecular weight excluding hydrogens is 324 g/mol. The van der Waals surface area contributed by atoms with Gasteiger partial charge in [0, 0.05) is 30.2 Å². The van der Waals surface area contributed by atoms with Crippen LogP contribution in [0.25, 0.3) is 11.4 Å². The first-order valence-electron chi connectivity index (χ1n) is 7.82. The van der Waals surface area contributed by atoms with E-state index >= 15 is 0 Å². The summed E-state index contributed by atoms with van der Waals surface area (Å²) in [6, 6.07) is 3.54. The van der Waals surface area contributed by atoms with Gasteiger partial charge in [-0.05, 0) is 19.9 Å². The molecule has 3 aromatic heterocycles. The van der Waals surface area contributed by atoms with E-state index in [1.54, 1.807) is 35.3 Å². The summed E-state index contributed by atoms with van der Waals surface area (Å²) in [5.74, 6) is 1.88. The summed E-state index contributed by atoms with van der Waals surface area (Å²) >= 11 is 0. The van der Waals surface area contributed by atoms with Gasteiger partial charge in [0.05, 0.1) is 13.2 Å². The SMILES string of the molecule is CCOc1ccc(-c2noc(CNC(=O)Cn3ccnc3C)n2)cn1. The van der Waals surface area contributed by atoms with Crippen molar-refractivity contribution >= 4 is 5.91 Å². The van der Waals surface area contributed by atoms with Crippen LogP contribution in [0, 0.1) is 6.92 Å². The summed E-state index contributed by atoms with van der Waals surface area (Å²) in [6.45, 7) is 4.63. The maximum Gasteiger partial charge on any atom is 0.246 e. The average Bonchev–Trinajstić information content (AvgIpc) is 3.24. The van der Waals surface area contributed by atoms with Crippen molar-refractivity contribution in [3.63, 3.8) is 0 Å². The van der Waals surface area contributed by atoms with Gasteiger partial charge in [0.25, 0.3) is 0 Å². The normalized spacial score (nSPS) is 10.6. The van der Waals surface area contributed by atoms with Gasteiger partial charge in [-0.2, -0.15) is 4.98 Å². The monoisotopic (exact) mass is 342 g/mol. The Labute approximate surface area is 144 Å². The lowest BCUT2D eigenvalue weighted by Gasteiger charge is -2.04. The molecule has 0 bridgehead atoms. The Morgan fingerprint density at radius 1 is 1.36 bits per heavy atom. The molecule has 0 aliphatic carbocycles. The van der Waals surface area contributed by atoms with Crippen LogP contribution in [0.2, 0.25) is 0 Å². The van der Waals surface area contributed by atoms with E-state index in [9.17, 15) is 4.79 Å². The van der Waals surface area contributed by atoms with E-state index < -0.39 is 0 Å². The fourth-order valence-corrected chi connectivity index (χ4v) is 2.15. The average molecular weight is 342 g/mol. The third kappa shape index (κ3) is 4.19. The molecule has 1 amide bonds. The van der Waals surface area contributed by atoms with Gasteiger partial charge in [-0.25, -0.2) is 9.97 Å². The molecule has 0 aromatic carbocycles. The second-order valence-corrected chi connectivity index (χ2v) is 5.21. The van der Waals surface area contributed by atoms with Crippen molar-refractivity contribution in [2.45, 2.75) is 26.9 Å². The Morgan fingerprint density at radius 2 is 2.24 bits per heavy atom. The lowest BCUT2D eigenvalue weighted by molar-refractivity contribution is -0.122. The maximum atomic E-state index is 11.9. The minimum absolute atomic E-state index is 0.157. The Balaban J connectivity index is 1.56. The molecule has 0 fully saturated rings. The third-order valence-electron chi connectivity index (χ3n) is 3.43. The van der Waals surface area contributed by atoms with E-state index in [0.717, 1.165) is 5.82 Å². The van der Waals surface area contributed by atoms with Gasteiger partial charge in [0.15, 0.2) is 0 Å². The molecule has 0 aliphatic rings. The number of nitrogens with one attached hydrogen (secondary N) is 1. The molecule has 0 unspecified atom stereocenters. The van der Waals surface area contributed by atoms with Crippen molar-refractivity contribution < 1.29 is 14.1 Å². The molecule has 3 rings (SSSR count). The molecule has 0 saturated carbocycles. The van der Waals surface area contributed by atoms with Crippen LogP contribution < -0.4 is 10.1 Å². The number of rotatable bonds is 7. The number of imidazole rings is 1. The van der Waals surface area contributed by atoms with E-state index in [1.807, 2.05) is 13.8 Å². The summed E-state index contributed by atoms with van der Waals surface area (Å²) < 4.78 is 12.2. The fourth-order valence-electron chi connectivity index (χ4n) is 2.15. The van der Waals surface area contributed by atoms with E-state index in [4.69, 9.17) is 9.26 Å². The van der Waals surface area contributed by atoms with Crippen molar-refractivity contribution in [2.24, 2.45) is 0 Å². The number of carbonyl (C=O) groups excluding carboxylic acids is 1. The van der Waals surface area contributed by atoms with Crippen LogP contribution in [0.3, 0.4) is 0 Å². The molecule has 0 saturated heterocycles. The van der Waals surface area contributed by atoms with E-state index in [1.165, 1.54) is 0 Å². The second kappa shape index (κ2) is 7.56. The first-order valence-corrected chi connectivity index (χ1v) is 7.82. The standard InChI is InChI=1S/C16H18N6O3/c1-3-24-14-5-4-12(8-19-14)16-20-15(25-21-16)9-18-13(23)10-22-7-6-17-11(22)2/h4-8H,3,9-10H2,1-2H3,(H,18,23). The van der Waals surface area contributed by atoms with Gasteiger partial charge in [0.2, 0.25) is 23.5 Å². The topological polar surface area (TPSA) is 108 Å². The van der Waals surface area contributed by atoms with Crippen molar-refractivity contribution in [3.8, 4) is 17.3 Å². The number of ether oxygens (including phenoxy) is 1. The van der Waals surface area contributed by atoms with Crippen molar-refractivity contribution in [1.29, 1.82) is 0 Å². The van der Waals surface area contributed by atoms with Gasteiger partial charge in [-0.15, -0.1) is 0 Å². The van der Waals surface area contributed by atoms with E-state index in [0.29, 0.717) is 29.8 Å². The number of pyridine rings is 1. The molecule has 25 heavy (non-hydrogen) atoms. The van der Waals surface area contributed by atoms with Crippen LogP contribution in [-0.4, -0.2) is 37.2 Å². The van der Waals surface area contributed by atoms with Gasteiger partial charge in [-0.1, -0.05) is 5.16 Å². The summed E-state index contributed by atoms with van der Waals surface area (Å²) in [4.78, 5) is 24.4. The number of amides is 1. The Kier molecular flexibility index (Phi) is 5.03. The summed E-state index contributed by atoms with van der Waals surface area (Å²) in [5, 5.41) is 6.63. The highest BCUT2D eigenvalue weighted by molar-refractivity contribution is 5.75. The molecule has 3 aromatic rings. The van der Waals surface area contributed by atoms with Gasteiger partial charge < -0.3 is 19.1 Å². The van der Waals surface area contributed by atoms with E-state index in [-0.39, 0.29) is 19.0 Å². The molecule has 0 spiro atoms. The number of hydrogen-bond acceptors (Lipinski definition) is 7. The Hall–Kier alpha value is -3.23. The number of carbonyl (C=O) groups is 1. The van der Waals surface area contributed by atoms with E-state index in [2.05, 4.69) is 25.4 Å². The van der Waals surface area contributed by atoms with Gasteiger partial charge in [0.1, 0.15) is 12.4 Å². The van der Waals surface area contributed by atoms with Crippen LogP contribution in [-0.2, 0) is 17.9 Å². The van der Waals surface area contributed by atoms with Crippen molar-refractivity contribution in [3.05, 3.63) is 42.4 Å². The number of aryl methyl sites for hydroxylation is 1. The van der Waals surface area contributed by atoms with Crippen LogP contribution >= 0.6 is 0 Å². The first kappa shape index (κ1) is 16.6. The Bertz CT molecular complexity index is 840. The van der Waals surface area contributed by atoms with Crippen LogP contribution in [0.4, 0.5) is 0 Å². The molecular formula is C16H18N6O3. The largest absolute Gasteiger partial charge is 0.478 e. The van der Waals surface area contributed by atoms with Crippen LogP contribution in [0.5, 0.6) is 5.88 Å². The molecule has 0 radical (unpaired) electrons. The smallest absolute Gasteiger partial charge is 0.246 e. The Morgan fingerprint density at radius 3 is 2.92 bits per heavy atom. The third-order valence-corrected chi connectivity index (χ3v) is 3.43. The van der Waals surface area contributed by atoms with Gasteiger partial charge in [-0.3, -0.25) is 4.79 Å². The number of hydrogen-bond donors (Lipinski definition) is 1. The zero-order chi connectivity index (χ0) is 17.6. The predicted octanol–water partition coefficient (Wildman–Crippen LogP) is 1.35. The zero-order valence-electron chi connectivity index (χ0n) is 14.0. The summed E-state index contributed by atoms with van der Waals surface area (Å²) in [5.41, 5.74) is 0.707. The number of nitrogens with zero attached hydrogens (tertiary/aromatic N) is 5. The number of aromatic nitrogens is 5.